The minimum atomic E-state index is -0.405. The predicted octanol–water partition coefficient (Wildman–Crippen LogP) is 2.28. The van der Waals surface area contributed by atoms with E-state index in [4.69, 9.17) is 4.74 Å². The molecule has 0 N–H and O–H groups in total. The van der Waals surface area contributed by atoms with Crippen LogP contribution in [0.5, 0.6) is 0 Å². The molecule has 2 amide bonds. The van der Waals surface area contributed by atoms with Crippen molar-refractivity contribution in [2.45, 2.75) is 64.1 Å². The molecule has 2 aliphatic rings. The van der Waals surface area contributed by atoms with Gasteiger partial charge in [0.25, 0.3) is 0 Å². The largest absolute Gasteiger partial charge is 0.441 e. The van der Waals surface area contributed by atoms with Crippen LogP contribution in [0.15, 0.2) is 18.5 Å². The van der Waals surface area contributed by atoms with Gasteiger partial charge in [-0.3, -0.25) is 9.48 Å². The Balaban J connectivity index is 1.49. The Kier molecular flexibility index (Phi) is 5.30. The second kappa shape index (κ2) is 7.45. The van der Waals surface area contributed by atoms with Crippen molar-refractivity contribution in [2.24, 2.45) is 0 Å². The monoisotopic (exact) mass is 348 g/mol. The van der Waals surface area contributed by atoms with Gasteiger partial charge in [0, 0.05) is 57.3 Å². The lowest BCUT2D eigenvalue weighted by molar-refractivity contribution is -0.134. The molecule has 7 nitrogen and oxygen atoms in total. The first-order valence-electron chi connectivity index (χ1n) is 9.28. The fourth-order valence-corrected chi connectivity index (χ4v) is 3.79. The van der Waals surface area contributed by atoms with Crippen molar-refractivity contribution in [3.05, 3.63) is 18.5 Å². The molecule has 2 aliphatic heterocycles. The molecule has 138 valence electrons. The average Bonchev–Trinajstić information content (AvgIpc) is 3.22. The van der Waals surface area contributed by atoms with Crippen LogP contribution in [0.25, 0.3) is 0 Å². The Morgan fingerprint density at radius 3 is 2.80 bits per heavy atom. The van der Waals surface area contributed by atoms with E-state index >= 15 is 0 Å². The van der Waals surface area contributed by atoms with Gasteiger partial charge in [-0.15, -0.1) is 0 Å². The average molecular weight is 348 g/mol. The minimum Gasteiger partial charge on any atom is -0.441 e. The molecule has 0 aliphatic carbocycles. The highest BCUT2D eigenvalue weighted by atomic mass is 16.6. The lowest BCUT2D eigenvalue weighted by Gasteiger charge is -2.37. The third-order valence-electron chi connectivity index (χ3n) is 5.38. The van der Waals surface area contributed by atoms with E-state index in [0.717, 1.165) is 25.7 Å². The van der Waals surface area contributed by atoms with Crippen molar-refractivity contribution in [3.8, 4) is 0 Å². The van der Waals surface area contributed by atoms with Crippen molar-refractivity contribution in [1.29, 1.82) is 0 Å². The summed E-state index contributed by atoms with van der Waals surface area (Å²) in [6.45, 7) is 6.77. The summed E-state index contributed by atoms with van der Waals surface area (Å²) in [6, 6.07) is 2.07. The Morgan fingerprint density at radius 1 is 1.40 bits per heavy atom. The molecule has 1 spiro atoms. The zero-order valence-electron chi connectivity index (χ0n) is 15.2. The van der Waals surface area contributed by atoms with Crippen LogP contribution in [0.1, 0.15) is 46.0 Å². The number of rotatable bonds is 6. The number of amides is 2. The van der Waals surface area contributed by atoms with Crippen molar-refractivity contribution in [2.75, 3.05) is 19.6 Å². The standard InChI is InChI=1S/C18H28N4O3/c1-3-5-15(2)22-14-18(25-17(22)24)7-12-20(13-8-18)16(23)6-11-21-10-4-9-19-21/h4,9-10,15H,3,5-8,11-14H2,1-2H3. The van der Waals surface area contributed by atoms with Crippen LogP contribution in [0.3, 0.4) is 0 Å². The van der Waals surface area contributed by atoms with Gasteiger partial charge in [0.1, 0.15) is 5.60 Å². The van der Waals surface area contributed by atoms with Gasteiger partial charge in [-0.25, -0.2) is 4.79 Å². The maximum Gasteiger partial charge on any atom is 0.410 e. The lowest BCUT2D eigenvalue weighted by atomic mass is 9.90. The van der Waals surface area contributed by atoms with Gasteiger partial charge in [-0.2, -0.15) is 5.10 Å². The molecular formula is C18H28N4O3. The third kappa shape index (κ3) is 3.96. The summed E-state index contributed by atoms with van der Waals surface area (Å²) in [7, 11) is 0. The van der Waals surface area contributed by atoms with E-state index < -0.39 is 5.60 Å². The normalized spacial score (nSPS) is 20.8. The number of likely N-dealkylation sites (tertiary alicyclic amines) is 1. The number of carbonyl (C=O) groups is 2. The Labute approximate surface area is 148 Å². The Bertz CT molecular complexity index is 593. The van der Waals surface area contributed by atoms with E-state index in [0.29, 0.717) is 32.6 Å². The number of aromatic nitrogens is 2. The molecule has 0 bridgehead atoms. The molecule has 1 atom stereocenters. The maximum atomic E-state index is 12.4. The van der Waals surface area contributed by atoms with Crippen molar-refractivity contribution < 1.29 is 14.3 Å². The first-order valence-corrected chi connectivity index (χ1v) is 9.28. The van der Waals surface area contributed by atoms with Crippen LogP contribution >= 0.6 is 0 Å². The predicted molar refractivity (Wildman–Crippen MR) is 92.9 cm³/mol. The summed E-state index contributed by atoms with van der Waals surface area (Å²) in [5, 5.41) is 4.12. The number of hydrogen-bond donors (Lipinski definition) is 0. The van der Waals surface area contributed by atoms with E-state index in [1.165, 1.54) is 0 Å². The molecule has 25 heavy (non-hydrogen) atoms. The van der Waals surface area contributed by atoms with Crippen LogP contribution in [0, 0.1) is 0 Å². The first kappa shape index (κ1) is 17.8. The van der Waals surface area contributed by atoms with E-state index in [-0.39, 0.29) is 18.0 Å². The summed E-state index contributed by atoms with van der Waals surface area (Å²) in [5.41, 5.74) is -0.405. The molecular weight excluding hydrogens is 320 g/mol. The van der Waals surface area contributed by atoms with Crippen LogP contribution in [-0.2, 0) is 16.1 Å². The van der Waals surface area contributed by atoms with Gasteiger partial charge >= 0.3 is 6.09 Å². The van der Waals surface area contributed by atoms with E-state index in [2.05, 4.69) is 18.9 Å². The zero-order chi connectivity index (χ0) is 17.9. The quantitative estimate of drug-likeness (QED) is 0.791. The number of carbonyl (C=O) groups excluding carboxylic acids is 2. The SMILES string of the molecule is CCCC(C)N1CC2(CCN(C(=O)CCn3cccn3)CC2)OC1=O. The summed E-state index contributed by atoms with van der Waals surface area (Å²) in [5.74, 6) is 0.144. The highest BCUT2D eigenvalue weighted by molar-refractivity contribution is 5.76. The van der Waals surface area contributed by atoms with Crippen LogP contribution < -0.4 is 0 Å². The Hall–Kier alpha value is -2.05. The molecule has 3 rings (SSSR count). The third-order valence-corrected chi connectivity index (χ3v) is 5.38. The van der Waals surface area contributed by atoms with Crippen molar-refractivity contribution >= 4 is 12.0 Å². The molecule has 0 saturated carbocycles. The highest BCUT2D eigenvalue weighted by Gasteiger charge is 2.48. The fraction of sp³-hybridized carbons (Fsp3) is 0.722. The molecule has 7 heteroatoms. The molecule has 1 unspecified atom stereocenters. The summed E-state index contributed by atoms with van der Waals surface area (Å²) < 4.78 is 7.52. The van der Waals surface area contributed by atoms with Crippen LogP contribution in [0.4, 0.5) is 4.79 Å². The smallest absolute Gasteiger partial charge is 0.410 e. The Morgan fingerprint density at radius 2 is 2.16 bits per heavy atom. The van der Waals surface area contributed by atoms with Crippen LogP contribution in [-0.4, -0.2) is 62.9 Å². The van der Waals surface area contributed by atoms with E-state index in [1.54, 1.807) is 10.9 Å². The lowest BCUT2D eigenvalue weighted by Crippen LogP contribution is -2.49. The van der Waals surface area contributed by atoms with E-state index in [9.17, 15) is 9.59 Å². The molecule has 2 saturated heterocycles. The summed E-state index contributed by atoms with van der Waals surface area (Å²) in [6.07, 6.45) is 7.33. The maximum absolute atomic E-state index is 12.4. The first-order chi connectivity index (χ1) is 12.0. The van der Waals surface area contributed by atoms with Gasteiger partial charge in [0.15, 0.2) is 0 Å². The van der Waals surface area contributed by atoms with Crippen molar-refractivity contribution in [1.82, 2.24) is 19.6 Å². The fourth-order valence-electron chi connectivity index (χ4n) is 3.79. The second-order valence-electron chi connectivity index (χ2n) is 7.22. The molecule has 3 heterocycles. The van der Waals surface area contributed by atoms with Crippen molar-refractivity contribution in [3.63, 3.8) is 0 Å². The molecule has 0 aromatic carbocycles. The van der Waals surface area contributed by atoms with Gasteiger partial charge in [0.05, 0.1) is 6.54 Å². The number of aryl methyl sites for hydroxylation is 1. The topological polar surface area (TPSA) is 67.7 Å². The molecule has 2 fully saturated rings. The second-order valence-corrected chi connectivity index (χ2v) is 7.22. The van der Waals surface area contributed by atoms with E-state index in [1.807, 2.05) is 22.1 Å². The number of ether oxygens (including phenoxy) is 1. The minimum absolute atomic E-state index is 0.144. The molecule has 1 aromatic heterocycles. The highest BCUT2D eigenvalue weighted by Crippen LogP contribution is 2.34. The van der Waals surface area contributed by atoms with Gasteiger partial charge in [0.2, 0.25) is 5.91 Å². The zero-order valence-corrected chi connectivity index (χ0v) is 15.2. The van der Waals surface area contributed by atoms with Gasteiger partial charge < -0.3 is 14.5 Å². The molecule has 1 aromatic rings. The van der Waals surface area contributed by atoms with Crippen LogP contribution in [0.2, 0.25) is 0 Å². The summed E-state index contributed by atoms with van der Waals surface area (Å²) in [4.78, 5) is 28.4. The summed E-state index contributed by atoms with van der Waals surface area (Å²) >= 11 is 0. The molecule has 0 radical (unpaired) electrons. The number of hydrogen-bond acceptors (Lipinski definition) is 4. The van der Waals surface area contributed by atoms with Gasteiger partial charge in [-0.1, -0.05) is 13.3 Å². The number of nitrogens with zero attached hydrogens (tertiary/aromatic N) is 4. The van der Waals surface area contributed by atoms with Gasteiger partial charge in [-0.05, 0) is 19.4 Å². The number of piperidine rings is 1.